The smallest absolute Gasteiger partial charge is 0.0385 e. The molecule has 3 aliphatic rings. The molecule has 3 unspecified atom stereocenters. The van der Waals surface area contributed by atoms with Crippen LogP contribution < -0.4 is 5.73 Å². The van der Waals surface area contributed by atoms with Gasteiger partial charge in [-0.1, -0.05) is 0 Å². The zero-order chi connectivity index (χ0) is 14.4. The Morgan fingerprint density at radius 2 is 1.75 bits per heavy atom. The molecule has 2 N–H and O–H groups in total. The second kappa shape index (κ2) is 5.24. The topological polar surface area (TPSA) is 35.7 Å². The number of piperidine rings is 1. The zero-order valence-electron chi connectivity index (χ0n) is 13.6. The van der Waals surface area contributed by atoms with Crippen LogP contribution in [-0.2, 0) is 0 Å². The van der Waals surface area contributed by atoms with Crippen molar-refractivity contribution in [2.45, 2.75) is 44.7 Å². The summed E-state index contributed by atoms with van der Waals surface area (Å²) in [4.78, 5) is 8.00. The SMILES string of the molecule is CC(C)(C)N1CCN(C2(CN)CCN3CCC2C3)CC1. The van der Waals surface area contributed by atoms with Crippen LogP contribution in [0.2, 0.25) is 0 Å². The lowest BCUT2D eigenvalue weighted by molar-refractivity contribution is -0.0387. The molecule has 3 rings (SSSR count). The molecule has 116 valence electrons. The monoisotopic (exact) mass is 280 g/mol. The number of fused-ring (bicyclic) bond motifs is 2. The number of hydrogen-bond acceptors (Lipinski definition) is 4. The van der Waals surface area contributed by atoms with E-state index >= 15 is 0 Å². The molecule has 0 spiro atoms. The first-order valence-electron chi connectivity index (χ1n) is 8.38. The minimum atomic E-state index is 0.303. The van der Waals surface area contributed by atoms with E-state index in [1.54, 1.807) is 0 Å². The molecule has 4 heteroatoms. The van der Waals surface area contributed by atoms with E-state index in [1.165, 1.54) is 58.7 Å². The Morgan fingerprint density at radius 3 is 2.35 bits per heavy atom. The summed E-state index contributed by atoms with van der Waals surface area (Å²) < 4.78 is 0. The van der Waals surface area contributed by atoms with Crippen molar-refractivity contribution >= 4 is 0 Å². The third-order valence-corrected chi connectivity index (χ3v) is 6.10. The maximum Gasteiger partial charge on any atom is 0.0385 e. The molecule has 0 aromatic carbocycles. The molecule has 0 radical (unpaired) electrons. The Bertz CT molecular complexity index is 343. The van der Waals surface area contributed by atoms with Crippen LogP contribution in [-0.4, -0.2) is 78.1 Å². The van der Waals surface area contributed by atoms with Crippen molar-refractivity contribution in [1.29, 1.82) is 0 Å². The molecular weight excluding hydrogens is 248 g/mol. The van der Waals surface area contributed by atoms with E-state index in [0.29, 0.717) is 11.1 Å². The fourth-order valence-electron chi connectivity index (χ4n) is 4.67. The molecule has 0 aromatic heterocycles. The first-order chi connectivity index (χ1) is 9.45. The summed E-state index contributed by atoms with van der Waals surface area (Å²) in [6, 6.07) is 0. The van der Waals surface area contributed by atoms with Gasteiger partial charge in [0.1, 0.15) is 0 Å². The van der Waals surface area contributed by atoms with Crippen LogP contribution in [0.15, 0.2) is 0 Å². The highest BCUT2D eigenvalue weighted by Gasteiger charge is 2.49. The van der Waals surface area contributed by atoms with Gasteiger partial charge in [-0.25, -0.2) is 0 Å². The minimum Gasteiger partial charge on any atom is -0.329 e. The van der Waals surface area contributed by atoms with Gasteiger partial charge in [0.05, 0.1) is 0 Å². The number of nitrogens with two attached hydrogens (primary N) is 1. The van der Waals surface area contributed by atoms with Crippen LogP contribution in [0.3, 0.4) is 0 Å². The van der Waals surface area contributed by atoms with Crippen molar-refractivity contribution in [1.82, 2.24) is 14.7 Å². The summed E-state index contributed by atoms with van der Waals surface area (Å²) in [5.74, 6) is 0.808. The molecule has 4 nitrogen and oxygen atoms in total. The quantitative estimate of drug-likeness (QED) is 0.812. The molecular formula is C16H32N4. The number of hydrogen-bond donors (Lipinski definition) is 1. The van der Waals surface area contributed by atoms with E-state index in [9.17, 15) is 0 Å². The molecule has 3 atom stereocenters. The van der Waals surface area contributed by atoms with Gasteiger partial charge < -0.3 is 10.6 Å². The van der Waals surface area contributed by atoms with Gasteiger partial charge in [-0.3, -0.25) is 9.80 Å². The highest BCUT2D eigenvalue weighted by Crippen LogP contribution is 2.40. The van der Waals surface area contributed by atoms with Gasteiger partial charge in [0.2, 0.25) is 0 Å². The second-order valence-electron chi connectivity index (χ2n) is 7.99. The summed E-state index contributed by atoms with van der Waals surface area (Å²) in [6.07, 6.45) is 2.64. The van der Waals surface area contributed by atoms with E-state index in [-0.39, 0.29) is 0 Å². The lowest BCUT2D eigenvalue weighted by Crippen LogP contribution is -2.67. The predicted molar refractivity (Wildman–Crippen MR) is 83.8 cm³/mol. The van der Waals surface area contributed by atoms with Crippen molar-refractivity contribution in [3.63, 3.8) is 0 Å². The summed E-state index contributed by atoms with van der Waals surface area (Å²) in [6.45, 7) is 16.5. The molecule has 2 bridgehead atoms. The zero-order valence-corrected chi connectivity index (χ0v) is 13.6. The Morgan fingerprint density at radius 1 is 1.05 bits per heavy atom. The van der Waals surface area contributed by atoms with Crippen LogP contribution in [0.5, 0.6) is 0 Å². The van der Waals surface area contributed by atoms with Gasteiger partial charge in [0.25, 0.3) is 0 Å². The van der Waals surface area contributed by atoms with Crippen molar-refractivity contribution < 1.29 is 0 Å². The minimum absolute atomic E-state index is 0.303. The van der Waals surface area contributed by atoms with Crippen LogP contribution in [0, 0.1) is 5.92 Å². The van der Waals surface area contributed by atoms with Gasteiger partial charge in [-0.05, 0) is 52.6 Å². The van der Waals surface area contributed by atoms with Crippen LogP contribution >= 0.6 is 0 Å². The summed E-state index contributed by atoms with van der Waals surface area (Å²) in [5.41, 5.74) is 6.91. The van der Waals surface area contributed by atoms with Gasteiger partial charge in [0.15, 0.2) is 0 Å². The first kappa shape index (κ1) is 14.8. The van der Waals surface area contributed by atoms with Crippen molar-refractivity contribution in [3.05, 3.63) is 0 Å². The third-order valence-electron chi connectivity index (χ3n) is 6.10. The fourth-order valence-corrected chi connectivity index (χ4v) is 4.67. The normalized spacial score (nSPS) is 40.2. The molecule has 3 saturated heterocycles. The molecule has 3 heterocycles. The van der Waals surface area contributed by atoms with Gasteiger partial charge in [0, 0.05) is 50.3 Å². The molecule has 0 saturated carbocycles. The maximum atomic E-state index is 6.30. The summed E-state index contributed by atoms with van der Waals surface area (Å²) in [5, 5.41) is 0. The van der Waals surface area contributed by atoms with E-state index in [4.69, 9.17) is 5.73 Å². The predicted octanol–water partition coefficient (Wildman–Crippen LogP) is 0.826. The van der Waals surface area contributed by atoms with Crippen LogP contribution in [0.4, 0.5) is 0 Å². The molecule has 3 aliphatic heterocycles. The Kier molecular flexibility index (Phi) is 3.87. The van der Waals surface area contributed by atoms with Gasteiger partial charge in [-0.2, -0.15) is 0 Å². The largest absolute Gasteiger partial charge is 0.329 e. The summed E-state index contributed by atoms with van der Waals surface area (Å²) in [7, 11) is 0. The van der Waals surface area contributed by atoms with Crippen LogP contribution in [0.25, 0.3) is 0 Å². The Labute approximate surface area is 124 Å². The Hall–Kier alpha value is -0.160. The average molecular weight is 280 g/mol. The highest BCUT2D eigenvalue weighted by atomic mass is 15.3. The van der Waals surface area contributed by atoms with E-state index in [0.717, 1.165) is 12.5 Å². The molecule has 0 amide bonds. The van der Waals surface area contributed by atoms with Gasteiger partial charge in [-0.15, -0.1) is 0 Å². The van der Waals surface area contributed by atoms with Crippen LogP contribution in [0.1, 0.15) is 33.6 Å². The lowest BCUT2D eigenvalue weighted by Gasteiger charge is -2.54. The average Bonchev–Trinajstić information content (AvgIpc) is 2.83. The summed E-state index contributed by atoms with van der Waals surface area (Å²) >= 11 is 0. The second-order valence-corrected chi connectivity index (χ2v) is 7.99. The number of rotatable bonds is 2. The van der Waals surface area contributed by atoms with E-state index < -0.39 is 0 Å². The van der Waals surface area contributed by atoms with E-state index in [1.807, 2.05) is 0 Å². The fraction of sp³-hybridized carbons (Fsp3) is 1.00. The molecule has 3 fully saturated rings. The first-order valence-corrected chi connectivity index (χ1v) is 8.38. The molecule has 0 aromatic rings. The standard InChI is InChI=1S/C16H32N4/c1-15(2,3)19-8-10-20(11-9-19)16(13-17)5-7-18-6-4-14(16)12-18/h14H,4-13,17H2,1-3H3. The highest BCUT2D eigenvalue weighted by molar-refractivity contribution is 5.06. The van der Waals surface area contributed by atoms with Crippen molar-refractivity contribution in [2.75, 3.05) is 52.4 Å². The van der Waals surface area contributed by atoms with Gasteiger partial charge >= 0.3 is 0 Å². The maximum absolute atomic E-state index is 6.30. The molecule has 0 aliphatic carbocycles. The molecule has 20 heavy (non-hydrogen) atoms. The third kappa shape index (κ3) is 2.41. The number of nitrogens with zero attached hydrogens (tertiary/aromatic N) is 3. The lowest BCUT2D eigenvalue weighted by atomic mass is 9.77. The Balaban J connectivity index is 1.69. The van der Waals surface area contributed by atoms with Crippen molar-refractivity contribution in [3.8, 4) is 0 Å². The van der Waals surface area contributed by atoms with E-state index in [2.05, 4.69) is 35.5 Å². The van der Waals surface area contributed by atoms with Crippen molar-refractivity contribution in [2.24, 2.45) is 11.7 Å². The number of piperazine rings is 1.